The molecule has 0 saturated carbocycles. The Morgan fingerprint density at radius 2 is 2.44 bits per heavy atom. The molecule has 1 fully saturated rings. The van der Waals surface area contributed by atoms with Gasteiger partial charge >= 0.3 is 5.69 Å². The molecule has 2 rings (SSSR count). The van der Waals surface area contributed by atoms with Crippen LogP contribution in [-0.2, 0) is 6.54 Å². The van der Waals surface area contributed by atoms with Crippen molar-refractivity contribution in [3.63, 3.8) is 0 Å². The maximum Gasteiger partial charge on any atom is 0.333 e. The molecule has 1 atom stereocenters. The molecule has 1 aliphatic heterocycles. The van der Waals surface area contributed by atoms with Crippen molar-refractivity contribution in [3.05, 3.63) is 15.8 Å². The van der Waals surface area contributed by atoms with E-state index < -0.39 is 0 Å². The molecule has 2 heterocycles. The Kier molecular flexibility index (Phi) is 4.11. The summed E-state index contributed by atoms with van der Waals surface area (Å²) in [5, 5.41) is 18.7. The zero-order valence-electron chi connectivity index (χ0n) is 10.7. The summed E-state index contributed by atoms with van der Waals surface area (Å²) in [4.78, 5) is 10.8. The lowest BCUT2D eigenvalue weighted by Gasteiger charge is -2.23. The fourth-order valence-electron chi connectivity index (χ4n) is 2.21. The molecule has 1 unspecified atom stereocenters. The summed E-state index contributed by atoms with van der Waals surface area (Å²) in [7, 11) is 0. The number of nitrogens with one attached hydrogen (secondary N) is 1. The maximum atomic E-state index is 11.1. The molecule has 0 bridgehead atoms. The van der Waals surface area contributed by atoms with Gasteiger partial charge in [-0.2, -0.15) is 16.9 Å². The Morgan fingerprint density at radius 1 is 1.67 bits per heavy atom. The number of nitrogens with zero attached hydrogens (tertiary/aromatic N) is 3. The highest BCUT2D eigenvalue weighted by Crippen LogP contribution is 2.30. The Bertz CT molecular complexity index is 440. The van der Waals surface area contributed by atoms with Crippen LogP contribution in [0.5, 0.6) is 0 Å². The van der Waals surface area contributed by atoms with Crippen molar-refractivity contribution in [1.82, 2.24) is 9.78 Å². The summed E-state index contributed by atoms with van der Waals surface area (Å²) in [6.45, 7) is 4.26. The third-order valence-electron chi connectivity index (χ3n) is 3.08. The number of nitro groups is 1. The molecule has 100 valence electrons. The van der Waals surface area contributed by atoms with Crippen molar-refractivity contribution >= 4 is 23.3 Å². The van der Waals surface area contributed by atoms with Crippen LogP contribution in [0.2, 0.25) is 0 Å². The average Bonchev–Trinajstić information content (AvgIpc) is 2.67. The van der Waals surface area contributed by atoms with E-state index in [-0.39, 0.29) is 10.6 Å². The monoisotopic (exact) mass is 270 g/mol. The molecule has 6 nitrogen and oxygen atoms in total. The van der Waals surface area contributed by atoms with E-state index in [0.717, 1.165) is 18.6 Å². The second-order valence-electron chi connectivity index (χ2n) is 4.41. The Hall–Kier alpha value is -1.24. The highest BCUT2D eigenvalue weighted by Gasteiger charge is 2.27. The van der Waals surface area contributed by atoms with E-state index in [9.17, 15) is 10.1 Å². The van der Waals surface area contributed by atoms with Crippen LogP contribution in [0.25, 0.3) is 0 Å². The fourth-order valence-corrected chi connectivity index (χ4v) is 3.28. The number of rotatable bonds is 4. The van der Waals surface area contributed by atoms with Gasteiger partial charge < -0.3 is 5.32 Å². The maximum absolute atomic E-state index is 11.1. The first-order valence-corrected chi connectivity index (χ1v) is 7.35. The molecule has 1 aromatic heterocycles. The standard InChI is InChI=1S/C11H18N4O2S/c1-3-14-11(10(15(16)17)8(2)13-14)12-9-5-4-6-18-7-9/h9,12H,3-7H2,1-2H3. The molecule has 1 aliphatic rings. The minimum absolute atomic E-state index is 0.118. The molecular formula is C11H18N4O2S. The molecule has 7 heteroatoms. The van der Waals surface area contributed by atoms with Gasteiger partial charge in [-0.05, 0) is 32.4 Å². The quantitative estimate of drug-likeness (QED) is 0.672. The molecule has 1 N–H and O–H groups in total. The van der Waals surface area contributed by atoms with Crippen molar-refractivity contribution in [1.29, 1.82) is 0 Å². The molecule has 0 spiro atoms. The van der Waals surface area contributed by atoms with Gasteiger partial charge in [-0.1, -0.05) is 0 Å². The van der Waals surface area contributed by atoms with Crippen LogP contribution in [0.15, 0.2) is 0 Å². The number of aromatic nitrogens is 2. The van der Waals surface area contributed by atoms with Gasteiger partial charge in [0.2, 0.25) is 5.82 Å². The smallest absolute Gasteiger partial charge is 0.333 e. The van der Waals surface area contributed by atoms with Crippen molar-refractivity contribution in [3.8, 4) is 0 Å². The van der Waals surface area contributed by atoms with Gasteiger partial charge in [0.25, 0.3) is 0 Å². The van der Waals surface area contributed by atoms with Gasteiger partial charge in [-0.25, -0.2) is 4.68 Å². The van der Waals surface area contributed by atoms with Gasteiger partial charge in [-0.15, -0.1) is 0 Å². The summed E-state index contributed by atoms with van der Waals surface area (Å²) in [5.74, 6) is 2.75. The third-order valence-corrected chi connectivity index (χ3v) is 4.29. The first kappa shape index (κ1) is 13.2. The number of hydrogen-bond donors (Lipinski definition) is 1. The first-order valence-electron chi connectivity index (χ1n) is 6.19. The van der Waals surface area contributed by atoms with E-state index in [4.69, 9.17) is 0 Å². The summed E-state index contributed by atoms with van der Waals surface area (Å²) >= 11 is 1.89. The second-order valence-corrected chi connectivity index (χ2v) is 5.56. The van der Waals surface area contributed by atoms with Crippen molar-refractivity contribution in [2.45, 2.75) is 39.3 Å². The highest BCUT2D eigenvalue weighted by molar-refractivity contribution is 7.99. The van der Waals surface area contributed by atoms with Gasteiger partial charge in [0.1, 0.15) is 5.69 Å². The Labute approximate surface area is 110 Å². The minimum Gasteiger partial charge on any atom is -0.361 e. The number of aryl methyl sites for hydroxylation is 2. The largest absolute Gasteiger partial charge is 0.361 e. The van der Waals surface area contributed by atoms with Crippen LogP contribution >= 0.6 is 11.8 Å². The molecule has 0 amide bonds. The summed E-state index contributed by atoms with van der Waals surface area (Å²) in [6, 6.07) is 0.309. The fraction of sp³-hybridized carbons (Fsp3) is 0.727. The lowest BCUT2D eigenvalue weighted by molar-refractivity contribution is -0.384. The van der Waals surface area contributed by atoms with Crippen LogP contribution < -0.4 is 5.32 Å². The van der Waals surface area contributed by atoms with Crippen LogP contribution in [0, 0.1) is 17.0 Å². The summed E-state index contributed by atoms with van der Waals surface area (Å²) in [6.07, 6.45) is 2.23. The topological polar surface area (TPSA) is 73.0 Å². The predicted molar refractivity (Wildman–Crippen MR) is 73.3 cm³/mol. The molecule has 0 aliphatic carbocycles. The molecule has 1 saturated heterocycles. The SMILES string of the molecule is CCn1nc(C)c([N+](=O)[O-])c1NC1CCCSC1. The van der Waals surface area contributed by atoms with Crippen LogP contribution in [-0.4, -0.2) is 32.3 Å². The van der Waals surface area contributed by atoms with E-state index in [0.29, 0.717) is 24.1 Å². The number of anilines is 1. The zero-order chi connectivity index (χ0) is 13.1. The second kappa shape index (κ2) is 5.60. The molecule has 0 radical (unpaired) electrons. The summed E-state index contributed by atoms with van der Waals surface area (Å²) in [5.41, 5.74) is 0.597. The van der Waals surface area contributed by atoms with Gasteiger partial charge in [-0.3, -0.25) is 10.1 Å². The van der Waals surface area contributed by atoms with Gasteiger partial charge in [0, 0.05) is 18.3 Å². The van der Waals surface area contributed by atoms with E-state index >= 15 is 0 Å². The van der Waals surface area contributed by atoms with Crippen molar-refractivity contribution in [2.24, 2.45) is 0 Å². The normalized spacial score (nSPS) is 19.8. The Balaban J connectivity index is 2.26. The third kappa shape index (κ3) is 2.60. The number of hydrogen-bond acceptors (Lipinski definition) is 5. The average molecular weight is 270 g/mol. The first-order chi connectivity index (χ1) is 8.63. The van der Waals surface area contributed by atoms with E-state index in [1.807, 2.05) is 18.7 Å². The highest BCUT2D eigenvalue weighted by atomic mass is 32.2. The van der Waals surface area contributed by atoms with E-state index in [1.54, 1.807) is 11.6 Å². The zero-order valence-corrected chi connectivity index (χ0v) is 11.5. The van der Waals surface area contributed by atoms with Crippen LogP contribution in [0.1, 0.15) is 25.5 Å². The molecule has 1 aromatic rings. The van der Waals surface area contributed by atoms with Gasteiger partial charge in [0.05, 0.1) is 4.92 Å². The predicted octanol–water partition coefficient (Wildman–Crippen LogP) is 2.43. The van der Waals surface area contributed by atoms with E-state index in [2.05, 4.69) is 10.4 Å². The minimum atomic E-state index is -0.340. The number of thioether (sulfide) groups is 1. The van der Waals surface area contributed by atoms with Crippen molar-refractivity contribution in [2.75, 3.05) is 16.8 Å². The van der Waals surface area contributed by atoms with E-state index in [1.165, 1.54) is 5.75 Å². The van der Waals surface area contributed by atoms with Crippen LogP contribution in [0.4, 0.5) is 11.5 Å². The molecular weight excluding hydrogens is 252 g/mol. The Morgan fingerprint density at radius 3 is 3.00 bits per heavy atom. The lowest BCUT2D eigenvalue weighted by Crippen LogP contribution is -2.27. The summed E-state index contributed by atoms with van der Waals surface area (Å²) < 4.78 is 1.69. The molecule has 0 aromatic carbocycles. The van der Waals surface area contributed by atoms with Crippen molar-refractivity contribution < 1.29 is 4.92 Å². The molecule has 18 heavy (non-hydrogen) atoms. The lowest BCUT2D eigenvalue weighted by atomic mass is 10.2. The van der Waals surface area contributed by atoms with Crippen LogP contribution in [0.3, 0.4) is 0 Å². The van der Waals surface area contributed by atoms with Gasteiger partial charge in [0.15, 0.2) is 0 Å².